The van der Waals surface area contributed by atoms with Crippen molar-refractivity contribution >= 4 is 12.2 Å². The minimum absolute atomic E-state index is 0.122. The van der Waals surface area contributed by atoms with Crippen LogP contribution in [0, 0.1) is 22.7 Å². The van der Waals surface area contributed by atoms with Crippen molar-refractivity contribution in [2.75, 3.05) is 26.9 Å². The lowest BCUT2D eigenvalue weighted by atomic mass is 9.63. The topological polar surface area (TPSA) is 181 Å². The van der Waals surface area contributed by atoms with E-state index in [1.54, 1.807) is 43.5 Å². The van der Waals surface area contributed by atoms with Crippen molar-refractivity contribution in [1.82, 2.24) is 0 Å². The van der Waals surface area contributed by atoms with Crippen molar-refractivity contribution in [3.05, 3.63) is 59.7 Å². The highest BCUT2D eigenvalue weighted by Gasteiger charge is 2.39. The summed E-state index contributed by atoms with van der Waals surface area (Å²) in [5, 5.41) is 26.5. The summed E-state index contributed by atoms with van der Waals surface area (Å²) < 4.78 is 4.44. The van der Waals surface area contributed by atoms with Crippen LogP contribution in [0.4, 0.5) is 0 Å². The van der Waals surface area contributed by atoms with Crippen LogP contribution in [0.1, 0.15) is 123 Å². The van der Waals surface area contributed by atoms with E-state index in [1.807, 2.05) is 24.3 Å². The summed E-state index contributed by atoms with van der Waals surface area (Å²) in [4.78, 5) is 28.1. The van der Waals surface area contributed by atoms with E-state index in [-0.39, 0.29) is 41.0 Å². The van der Waals surface area contributed by atoms with Gasteiger partial charge in [-0.25, -0.2) is 19.6 Å². The molecule has 2 unspecified atom stereocenters. The van der Waals surface area contributed by atoms with Crippen LogP contribution in [0.25, 0.3) is 0 Å². The summed E-state index contributed by atoms with van der Waals surface area (Å²) in [6.07, 6.45) is 17.1. The Morgan fingerprint density at radius 2 is 1.19 bits per heavy atom. The van der Waals surface area contributed by atoms with Gasteiger partial charge in [0.2, 0.25) is 12.2 Å². The van der Waals surface area contributed by atoms with Crippen molar-refractivity contribution in [2.45, 2.75) is 135 Å². The summed E-state index contributed by atoms with van der Waals surface area (Å²) in [6.45, 7) is 12.4. The number of phenols is 2. The van der Waals surface area contributed by atoms with Crippen molar-refractivity contribution < 1.29 is 29.6 Å². The van der Waals surface area contributed by atoms with Gasteiger partial charge in [-0.1, -0.05) is 58.9 Å². The molecular formula is C43H68N4O6. The monoisotopic (exact) mass is 737 g/mol. The minimum atomic E-state index is -0.151. The molecule has 0 aromatic heterocycles. The maximum absolute atomic E-state index is 10.2. The Morgan fingerprint density at radius 3 is 1.49 bits per heavy atom. The molecule has 10 heteroatoms. The van der Waals surface area contributed by atoms with Gasteiger partial charge in [0, 0.05) is 18.6 Å². The van der Waals surface area contributed by atoms with Crippen LogP contribution < -0.4 is 11.5 Å². The zero-order valence-corrected chi connectivity index (χ0v) is 33.2. The zero-order valence-electron chi connectivity index (χ0n) is 33.2. The maximum Gasteiger partial charge on any atom is 0.235 e. The van der Waals surface area contributed by atoms with Gasteiger partial charge in [-0.3, -0.25) is 0 Å². The highest BCUT2D eigenvalue weighted by atomic mass is 16.5. The molecule has 3 aliphatic rings. The molecule has 0 bridgehead atoms. The number of carbonyl (C=O) groups excluding carboxylic acids is 2. The number of rotatable bonds is 9. The highest BCUT2D eigenvalue weighted by Crippen LogP contribution is 2.44. The number of nitrogens with zero attached hydrogens (tertiary/aromatic N) is 2. The molecule has 5 rings (SSSR count). The van der Waals surface area contributed by atoms with Crippen LogP contribution in [-0.4, -0.2) is 72.5 Å². The predicted molar refractivity (Wildman–Crippen MR) is 212 cm³/mol. The number of ether oxygens (including phenoxy) is 1. The number of benzene rings is 2. The lowest BCUT2D eigenvalue weighted by Crippen LogP contribution is -2.45. The number of aliphatic imine (C=N–C) groups is 2. The number of aromatic hydroxyl groups is 2. The first-order valence-corrected chi connectivity index (χ1v) is 19.4. The second-order valence-corrected chi connectivity index (χ2v) is 17.0. The molecule has 296 valence electrons. The number of hydrogen-bond acceptors (Lipinski definition) is 10. The zero-order chi connectivity index (χ0) is 39.5. The summed E-state index contributed by atoms with van der Waals surface area (Å²) in [5.41, 5.74) is 14.5. The molecule has 0 saturated heterocycles. The number of isocyanates is 2. The molecule has 3 fully saturated rings. The van der Waals surface area contributed by atoms with E-state index < -0.39 is 0 Å². The third-order valence-electron chi connectivity index (χ3n) is 11.2. The molecule has 2 aromatic rings. The van der Waals surface area contributed by atoms with Crippen LogP contribution in [0.2, 0.25) is 0 Å². The van der Waals surface area contributed by atoms with E-state index in [9.17, 15) is 19.8 Å². The molecule has 2 aromatic carbocycles. The van der Waals surface area contributed by atoms with E-state index in [1.165, 1.54) is 38.5 Å². The predicted octanol–water partition coefficient (Wildman–Crippen LogP) is 7.70. The number of phenolic OH excluding ortho intramolecular Hbond substituents is 2. The van der Waals surface area contributed by atoms with Gasteiger partial charge in [-0.2, -0.15) is 0 Å². The lowest BCUT2D eigenvalue weighted by Gasteiger charge is -2.45. The Kier molecular flexibility index (Phi) is 19.7. The molecule has 3 saturated carbocycles. The van der Waals surface area contributed by atoms with Crippen LogP contribution >= 0.6 is 0 Å². The third kappa shape index (κ3) is 16.7. The fourth-order valence-electron chi connectivity index (χ4n) is 8.52. The molecule has 53 heavy (non-hydrogen) atoms. The Hall–Kier alpha value is -3.36. The van der Waals surface area contributed by atoms with Crippen LogP contribution in [0.15, 0.2) is 58.5 Å². The van der Waals surface area contributed by atoms with Gasteiger partial charge in [0.15, 0.2) is 0 Å². The number of nitrogens with two attached hydrogens (primary N) is 2. The van der Waals surface area contributed by atoms with Crippen LogP contribution in [-0.2, 0) is 19.7 Å². The van der Waals surface area contributed by atoms with Crippen molar-refractivity contribution in [3.63, 3.8) is 0 Å². The first-order chi connectivity index (χ1) is 25.1. The smallest absolute Gasteiger partial charge is 0.235 e. The van der Waals surface area contributed by atoms with Gasteiger partial charge in [0.05, 0.1) is 25.3 Å². The van der Waals surface area contributed by atoms with E-state index >= 15 is 0 Å². The highest BCUT2D eigenvalue weighted by molar-refractivity contribution is 5.41. The number of methoxy groups -OCH3 is 1. The maximum atomic E-state index is 10.2. The molecule has 0 radical (unpaired) electrons. The second kappa shape index (κ2) is 22.8. The minimum Gasteiger partial charge on any atom is -0.508 e. The largest absolute Gasteiger partial charge is 0.508 e. The summed E-state index contributed by atoms with van der Waals surface area (Å²) in [7, 11) is 1.55. The first-order valence-electron chi connectivity index (χ1n) is 19.4. The van der Waals surface area contributed by atoms with Crippen molar-refractivity contribution in [2.24, 2.45) is 44.1 Å². The Bertz CT molecular complexity index is 1320. The summed E-state index contributed by atoms with van der Waals surface area (Å²) in [6, 6.07) is 15.2. The number of aliphatic hydroxyl groups excluding tert-OH is 1. The summed E-state index contributed by atoms with van der Waals surface area (Å²) in [5.74, 6) is 2.15. The van der Waals surface area contributed by atoms with Crippen molar-refractivity contribution in [3.8, 4) is 11.5 Å². The molecule has 3 aliphatic carbocycles. The lowest BCUT2D eigenvalue weighted by molar-refractivity contribution is 0.0904. The third-order valence-corrected chi connectivity index (χ3v) is 11.2. The average Bonchev–Trinajstić information content (AvgIpc) is 3.11. The summed E-state index contributed by atoms with van der Waals surface area (Å²) >= 11 is 0. The van der Waals surface area contributed by atoms with E-state index in [0.29, 0.717) is 18.1 Å². The van der Waals surface area contributed by atoms with Crippen molar-refractivity contribution in [1.29, 1.82) is 0 Å². The average molecular weight is 737 g/mol. The molecule has 0 aliphatic heterocycles. The van der Waals surface area contributed by atoms with Gasteiger partial charge in [0.1, 0.15) is 11.5 Å². The van der Waals surface area contributed by atoms with Gasteiger partial charge >= 0.3 is 0 Å². The molecule has 2 atom stereocenters. The second-order valence-electron chi connectivity index (χ2n) is 17.0. The molecule has 0 heterocycles. The molecule has 7 N–H and O–H groups in total. The standard InChI is InChI=1S/C15H22N2O2.C15H16O2.C10H22N2.C3H8O2/c18-10-16-14-5-1-12(2-6-14)9-13-3-7-15(8-4-13)17-11-19;1-15(2,11-3-7-13(16)8-4-11)12-5-9-14(17)10-6-12;1-9(2)4-8(12)5-10(3,6-9)7-11;1-5-3-2-4/h12-15H,1-9H2;3-10,16-17H,1-2H3;8H,4-7,11-12H2,1-3H3;4H,2-3H2,1H3. The van der Waals surface area contributed by atoms with E-state index in [2.05, 4.69) is 49.3 Å². The van der Waals surface area contributed by atoms with Gasteiger partial charge in [0.25, 0.3) is 0 Å². The molecule has 0 spiro atoms. The Balaban J connectivity index is 0.000000264. The fraction of sp³-hybridized carbons (Fsp3) is 0.674. The Labute approximate surface area is 318 Å². The van der Waals surface area contributed by atoms with Crippen LogP contribution in [0.3, 0.4) is 0 Å². The molecule has 10 nitrogen and oxygen atoms in total. The number of hydrogen-bond donors (Lipinski definition) is 5. The van der Waals surface area contributed by atoms with E-state index in [4.69, 9.17) is 16.6 Å². The molecule has 0 amide bonds. The Morgan fingerprint density at radius 1 is 0.774 bits per heavy atom. The van der Waals surface area contributed by atoms with Gasteiger partial charge in [-0.05, 0) is 142 Å². The first kappa shape index (κ1) is 45.8. The van der Waals surface area contributed by atoms with Gasteiger partial charge in [-0.15, -0.1) is 0 Å². The fourth-order valence-corrected chi connectivity index (χ4v) is 8.52. The normalized spacial score (nSPS) is 26.3. The van der Waals surface area contributed by atoms with Crippen LogP contribution in [0.5, 0.6) is 11.5 Å². The molecular weight excluding hydrogens is 668 g/mol. The number of aliphatic hydroxyl groups is 1. The SMILES string of the molecule is CC(C)(c1ccc(O)cc1)c1ccc(O)cc1.CC1(C)CC(N)CC(C)(CN)C1.COCCO.O=C=NC1CCC(CC2CCC(N=C=O)CC2)CC1. The quantitative estimate of drug-likeness (QED) is 0.128. The van der Waals surface area contributed by atoms with Gasteiger partial charge < -0.3 is 31.5 Å². The van der Waals surface area contributed by atoms with E-state index in [0.717, 1.165) is 68.0 Å².